The van der Waals surface area contributed by atoms with Gasteiger partial charge in [-0.3, -0.25) is 4.79 Å². The van der Waals surface area contributed by atoms with Crippen LogP contribution in [0.2, 0.25) is 0 Å². The van der Waals surface area contributed by atoms with Crippen LogP contribution >= 0.6 is 0 Å². The molecule has 1 amide bonds. The summed E-state index contributed by atoms with van der Waals surface area (Å²) in [5.74, 6) is 1.47. The number of hydrogen-bond donors (Lipinski definition) is 2. The fraction of sp³-hybridized carbons (Fsp3) is 0.533. The molecule has 1 aliphatic rings. The molecular formula is C15H22N2O4. The second-order valence-corrected chi connectivity index (χ2v) is 5.02. The molecule has 0 aliphatic carbocycles. The molecule has 6 nitrogen and oxygen atoms in total. The van der Waals surface area contributed by atoms with E-state index in [0.29, 0.717) is 37.7 Å². The van der Waals surface area contributed by atoms with Crippen LogP contribution in [-0.2, 0) is 11.3 Å². The van der Waals surface area contributed by atoms with Crippen LogP contribution in [0.15, 0.2) is 18.2 Å². The number of amides is 1. The minimum absolute atomic E-state index is 0.0146. The Labute approximate surface area is 124 Å². The summed E-state index contributed by atoms with van der Waals surface area (Å²) in [6.45, 7) is 2.11. The van der Waals surface area contributed by atoms with Crippen molar-refractivity contribution in [3.05, 3.63) is 23.8 Å². The molecule has 2 N–H and O–H groups in total. The Morgan fingerprint density at radius 3 is 2.67 bits per heavy atom. The van der Waals surface area contributed by atoms with Gasteiger partial charge in [0.2, 0.25) is 5.91 Å². The highest BCUT2D eigenvalue weighted by Gasteiger charge is 2.29. The molecule has 2 rings (SSSR count). The first-order valence-corrected chi connectivity index (χ1v) is 7.01. The van der Waals surface area contributed by atoms with Crippen LogP contribution in [0.25, 0.3) is 0 Å². The first kappa shape index (κ1) is 15.6. The third-order valence-corrected chi connectivity index (χ3v) is 3.67. The predicted molar refractivity (Wildman–Crippen MR) is 78.4 cm³/mol. The van der Waals surface area contributed by atoms with Gasteiger partial charge in [0.05, 0.1) is 26.7 Å². The maximum Gasteiger partial charge on any atom is 0.228 e. The topological polar surface area (TPSA) is 71.0 Å². The molecular weight excluding hydrogens is 272 g/mol. The lowest BCUT2D eigenvalue weighted by Crippen LogP contribution is -2.52. The summed E-state index contributed by atoms with van der Waals surface area (Å²) < 4.78 is 10.5. The van der Waals surface area contributed by atoms with Gasteiger partial charge in [0.15, 0.2) is 0 Å². The van der Waals surface area contributed by atoms with Crippen molar-refractivity contribution in [1.82, 2.24) is 10.2 Å². The van der Waals surface area contributed by atoms with Crippen LogP contribution in [0.3, 0.4) is 0 Å². The minimum Gasteiger partial charge on any atom is -0.497 e. The van der Waals surface area contributed by atoms with Crippen LogP contribution < -0.4 is 14.8 Å². The molecule has 1 aromatic carbocycles. The van der Waals surface area contributed by atoms with E-state index in [9.17, 15) is 9.90 Å². The molecule has 1 fully saturated rings. The SMILES string of the molecule is COc1ccc(CN(CCO)C(=O)C2CNC2)c(OC)c1. The van der Waals surface area contributed by atoms with Crippen LogP contribution in [0.4, 0.5) is 0 Å². The monoisotopic (exact) mass is 294 g/mol. The van der Waals surface area contributed by atoms with E-state index >= 15 is 0 Å². The number of carbonyl (C=O) groups is 1. The van der Waals surface area contributed by atoms with Gasteiger partial charge in [-0.25, -0.2) is 0 Å². The zero-order chi connectivity index (χ0) is 15.2. The number of nitrogens with zero attached hydrogens (tertiary/aromatic N) is 1. The Bertz CT molecular complexity index is 489. The van der Waals surface area contributed by atoms with Gasteiger partial charge < -0.3 is 24.8 Å². The third-order valence-electron chi connectivity index (χ3n) is 3.67. The average Bonchev–Trinajstić information content (AvgIpc) is 2.45. The molecule has 0 aromatic heterocycles. The molecule has 0 spiro atoms. The van der Waals surface area contributed by atoms with E-state index < -0.39 is 0 Å². The van der Waals surface area contributed by atoms with Crippen molar-refractivity contribution in [2.45, 2.75) is 6.54 Å². The number of aliphatic hydroxyl groups excluding tert-OH is 1. The molecule has 6 heteroatoms. The van der Waals surface area contributed by atoms with Crippen molar-refractivity contribution >= 4 is 5.91 Å². The van der Waals surface area contributed by atoms with Crippen molar-refractivity contribution < 1.29 is 19.4 Å². The van der Waals surface area contributed by atoms with Gasteiger partial charge in [0.25, 0.3) is 0 Å². The van der Waals surface area contributed by atoms with Crippen LogP contribution in [0.5, 0.6) is 11.5 Å². The fourth-order valence-electron chi connectivity index (χ4n) is 2.30. The highest BCUT2D eigenvalue weighted by molar-refractivity contribution is 5.80. The predicted octanol–water partition coefficient (Wildman–Crippen LogP) is 0.244. The van der Waals surface area contributed by atoms with Crippen molar-refractivity contribution in [3.63, 3.8) is 0 Å². The lowest BCUT2D eigenvalue weighted by Gasteiger charge is -2.32. The molecule has 0 saturated carbocycles. The smallest absolute Gasteiger partial charge is 0.228 e. The van der Waals surface area contributed by atoms with Crippen molar-refractivity contribution in [2.75, 3.05) is 40.5 Å². The summed E-state index contributed by atoms with van der Waals surface area (Å²) in [4.78, 5) is 14.0. The first-order valence-electron chi connectivity index (χ1n) is 7.01. The summed E-state index contributed by atoms with van der Waals surface area (Å²) in [5.41, 5.74) is 0.896. The highest BCUT2D eigenvalue weighted by atomic mass is 16.5. The van der Waals surface area contributed by atoms with E-state index in [1.165, 1.54) is 0 Å². The summed E-state index contributed by atoms with van der Waals surface area (Å²) in [6, 6.07) is 5.51. The van der Waals surface area contributed by atoms with E-state index in [2.05, 4.69) is 5.32 Å². The molecule has 1 heterocycles. The van der Waals surface area contributed by atoms with Gasteiger partial charge in [0.1, 0.15) is 11.5 Å². The normalized spacial score (nSPS) is 14.4. The van der Waals surface area contributed by atoms with E-state index in [0.717, 1.165) is 5.56 Å². The molecule has 1 aliphatic heterocycles. The first-order chi connectivity index (χ1) is 10.2. The summed E-state index contributed by atoms with van der Waals surface area (Å²) in [5, 5.41) is 12.3. The molecule has 0 atom stereocenters. The number of aliphatic hydroxyl groups is 1. The molecule has 0 bridgehead atoms. The van der Waals surface area contributed by atoms with E-state index in [4.69, 9.17) is 9.47 Å². The van der Waals surface area contributed by atoms with E-state index in [1.807, 2.05) is 12.1 Å². The van der Waals surface area contributed by atoms with Crippen LogP contribution in [0.1, 0.15) is 5.56 Å². The second kappa shape index (κ2) is 7.28. The number of benzene rings is 1. The Balaban J connectivity index is 2.13. The molecule has 0 radical (unpaired) electrons. The minimum atomic E-state index is -0.0512. The zero-order valence-electron chi connectivity index (χ0n) is 12.5. The fourth-order valence-corrected chi connectivity index (χ4v) is 2.30. The molecule has 0 unspecified atom stereocenters. The van der Waals surface area contributed by atoms with Crippen LogP contribution in [-0.4, -0.2) is 56.4 Å². The largest absolute Gasteiger partial charge is 0.497 e. The van der Waals surface area contributed by atoms with Gasteiger partial charge >= 0.3 is 0 Å². The number of hydrogen-bond acceptors (Lipinski definition) is 5. The molecule has 116 valence electrons. The van der Waals surface area contributed by atoms with Gasteiger partial charge in [0, 0.05) is 37.8 Å². The van der Waals surface area contributed by atoms with Gasteiger partial charge in [-0.05, 0) is 12.1 Å². The van der Waals surface area contributed by atoms with Crippen molar-refractivity contribution in [3.8, 4) is 11.5 Å². The lowest BCUT2D eigenvalue weighted by atomic mass is 10.0. The summed E-state index contributed by atoms with van der Waals surface area (Å²) >= 11 is 0. The van der Waals surface area contributed by atoms with Gasteiger partial charge in [-0.1, -0.05) is 0 Å². The third kappa shape index (κ3) is 3.65. The summed E-state index contributed by atoms with van der Waals surface area (Å²) in [7, 11) is 3.19. The number of nitrogens with one attached hydrogen (secondary N) is 1. The lowest BCUT2D eigenvalue weighted by molar-refractivity contribution is -0.138. The van der Waals surface area contributed by atoms with Gasteiger partial charge in [-0.15, -0.1) is 0 Å². The maximum atomic E-state index is 12.4. The number of methoxy groups -OCH3 is 2. The highest BCUT2D eigenvalue weighted by Crippen LogP contribution is 2.26. The number of carbonyl (C=O) groups excluding carboxylic acids is 1. The Morgan fingerprint density at radius 1 is 1.38 bits per heavy atom. The van der Waals surface area contributed by atoms with E-state index in [1.54, 1.807) is 25.2 Å². The van der Waals surface area contributed by atoms with Crippen molar-refractivity contribution in [1.29, 1.82) is 0 Å². The Morgan fingerprint density at radius 2 is 2.14 bits per heavy atom. The molecule has 1 aromatic rings. The maximum absolute atomic E-state index is 12.4. The zero-order valence-corrected chi connectivity index (χ0v) is 12.5. The Kier molecular flexibility index (Phi) is 5.41. The number of ether oxygens (including phenoxy) is 2. The molecule has 1 saturated heterocycles. The number of rotatable bonds is 7. The standard InChI is InChI=1S/C15H22N2O4/c1-20-13-4-3-11(14(7-13)21-2)10-17(5-6-18)15(19)12-8-16-9-12/h3-4,7,12,16,18H,5-6,8-10H2,1-2H3. The average molecular weight is 294 g/mol. The Hall–Kier alpha value is -1.79. The van der Waals surface area contributed by atoms with Crippen LogP contribution in [0, 0.1) is 5.92 Å². The summed E-state index contributed by atoms with van der Waals surface area (Å²) in [6.07, 6.45) is 0. The van der Waals surface area contributed by atoms with E-state index in [-0.39, 0.29) is 18.4 Å². The van der Waals surface area contributed by atoms with Crippen molar-refractivity contribution in [2.24, 2.45) is 5.92 Å². The second-order valence-electron chi connectivity index (χ2n) is 5.02. The quantitative estimate of drug-likeness (QED) is 0.754. The molecule has 21 heavy (non-hydrogen) atoms. The van der Waals surface area contributed by atoms with Gasteiger partial charge in [-0.2, -0.15) is 0 Å².